The van der Waals surface area contributed by atoms with E-state index in [4.69, 9.17) is 4.74 Å². The van der Waals surface area contributed by atoms with Gasteiger partial charge in [-0.05, 0) is 19.4 Å². The second-order valence-corrected chi connectivity index (χ2v) is 2.23. The first-order valence-corrected chi connectivity index (χ1v) is 3.64. The van der Waals surface area contributed by atoms with Gasteiger partial charge in [0.15, 0.2) is 0 Å². The molecule has 2 nitrogen and oxygen atoms in total. The number of Topliss-reactive ketones (excluding diaryl/α,β-unsaturated/α-hetero) is 1. The zero-order valence-electron chi connectivity index (χ0n) is 6.88. The van der Waals surface area contributed by atoms with Crippen LogP contribution in [0.2, 0.25) is 0 Å². The summed E-state index contributed by atoms with van der Waals surface area (Å²) in [6.45, 7) is 5.60. The zero-order chi connectivity index (χ0) is 8.53. The van der Waals surface area contributed by atoms with Crippen molar-refractivity contribution in [3.8, 4) is 0 Å². The minimum atomic E-state index is 0.207. The van der Waals surface area contributed by atoms with Crippen LogP contribution in [0.4, 0.5) is 0 Å². The molecule has 11 heavy (non-hydrogen) atoms. The van der Waals surface area contributed by atoms with Crippen LogP contribution < -0.4 is 0 Å². The third-order valence-corrected chi connectivity index (χ3v) is 1.07. The number of ether oxygens (including phenoxy) is 1. The summed E-state index contributed by atoms with van der Waals surface area (Å²) in [5, 5.41) is 0. The molecule has 0 fully saturated rings. The van der Waals surface area contributed by atoms with E-state index in [1.165, 1.54) is 0 Å². The highest BCUT2D eigenvalue weighted by atomic mass is 16.5. The van der Waals surface area contributed by atoms with Crippen molar-refractivity contribution >= 4 is 5.78 Å². The number of ketones is 1. The maximum Gasteiger partial charge on any atom is 0.130 e. The van der Waals surface area contributed by atoms with Crippen molar-refractivity contribution in [2.45, 2.75) is 19.8 Å². The van der Waals surface area contributed by atoms with Crippen molar-refractivity contribution in [1.29, 1.82) is 0 Å². The molecule has 0 aliphatic rings. The maximum absolute atomic E-state index is 10.4. The molecule has 0 amide bonds. The highest BCUT2D eigenvalue weighted by Crippen LogP contribution is 1.92. The first-order chi connectivity index (χ1) is 5.27. The molecule has 0 saturated carbocycles. The van der Waals surface area contributed by atoms with E-state index < -0.39 is 0 Å². The molecule has 0 radical (unpaired) electrons. The fourth-order valence-corrected chi connectivity index (χ4v) is 0.546. The Balaban J connectivity index is 3.16. The summed E-state index contributed by atoms with van der Waals surface area (Å²) in [4.78, 5) is 10.4. The molecule has 0 spiro atoms. The second-order valence-electron chi connectivity index (χ2n) is 2.23. The smallest absolute Gasteiger partial charge is 0.130 e. The second kappa shape index (κ2) is 7.06. The number of hydrogen-bond acceptors (Lipinski definition) is 2. The Bertz CT molecular complexity index is 148. The summed E-state index contributed by atoms with van der Waals surface area (Å²) in [5.41, 5.74) is 0. The quantitative estimate of drug-likeness (QED) is 0.332. The number of allylic oxidation sites excluding steroid dienone is 1. The predicted octanol–water partition coefficient (Wildman–Crippen LogP) is 2.07. The van der Waals surface area contributed by atoms with E-state index in [1.54, 1.807) is 19.3 Å². The third kappa shape index (κ3) is 8.95. The lowest BCUT2D eigenvalue weighted by molar-refractivity contribution is -0.116. The molecule has 0 saturated heterocycles. The Morgan fingerprint density at radius 2 is 2.36 bits per heavy atom. The van der Waals surface area contributed by atoms with Gasteiger partial charge in [-0.25, -0.2) is 0 Å². The summed E-state index contributed by atoms with van der Waals surface area (Å²) in [6.07, 6.45) is 6.46. The summed E-state index contributed by atoms with van der Waals surface area (Å²) in [5.74, 6) is 0.207. The molecule has 0 unspecified atom stereocenters. The molecular formula is C9H14O2. The van der Waals surface area contributed by atoms with Gasteiger partial charge in [0, 0.05) is 6.42 Å². The van der Waals surface area contributed by atoms with E-state index in [-0.39, 0.29) is 5.78 Å². The molecule has 0 rings (SSSR count). The van der Waals surface area contributed by atoms with Crippen LogP contribution in [0.25, 0.3) is 0 Å². The van der Waals surface area contributed by atoms with Crippen LogP contribution in [-0.2, 0) is 9.53 Å². The Kier molecular flexibility index (Phi) is 6.39. The van der Waals surface area contributed by atoms with Gasteiger partial charge in [-0.2, -0.15) is 0 Å². The molecule has 0 aromatic carbocycles. The Morgan fingerprint density at radius 3 is 2.91 bits per heavy atom. The average Bonchev–Trinajstić information content (AvgIpc) is 1.96. The summed E-state index contributed by atoms with van der Waals surface area (Å²) < 4.78 is 4.95. The first-order valence-electron chi connectivity index (χ1n) is 3.64. The molecule has 0 atom stereocenters. The molecule has 0 aromatic rings. The van der Waals surface area contributed by atoms with Crippen molar-refractivity contribution in [1.82, 2.24) is 0 Å². The Labute approximate surface area is 67.6 Å². The number of hydrogen-bond donors (Lipinski definition) is 0. The average molecular weight is 154 g/mol. The monoisotopic (exact) mass is 154 g/mol. The lowest BCUT2D eigenvalue weighted by Gasteiger charge is -1.92. The van der Waals surface area contributed by atoms with Crippen LogP contribution >= 0.6 is 0 Å². The van der Waals surface area contributed by atoms with Crippen molar-refractivity contribution in [2.24, 2.45) is 0 Å². The minimum Gasteiger partial charge on any atom is -0.497 e. The van der Waals surface area contributed by atoms with Crippen molar-refractivity contribution in [2.75, 3.05) is 6.61 Å². The van der Waals surface area contributed by atoms with Crippen molar-refractivity contribution in [3.63, 3.8) is 0 Å². The molecule has 0 aliphatic carbocycles. The largest absolute Gasteiger partial charge is 0.497 e. The highest BCUT2D eigenvalue weighted by Gasteiger charge is 1.87. The van der Waals surface area contributed by atoms with Gasteiger partial charge in [0.2, 0.25) is 0 Å². The zero-order valence-corrected chi connectivity index (χ0v) is 6.88. The van der Waals surface area contributed by atoms with Crippen molar-refractivity contribution < 1.29 is 9.53 Å². The van der Waals surface area contributed by atoms with E-state index in [1.807, 2.05) is 6.08 Å². The van der Waals surface area contributed by atoms with E-state index in [2.05, 4.69) is 6.58 Å². The van der Waals surface area contributed by atoms with E-state index in [0.717, 1.165) is 6.42 Å². The lowest BCUT2D eigenvalue weighted by Crippen LogP contribution is -1.86. The van der Waals surface area contributed by atoms with Crippen LogP contribution in [0.1, 0.15) is 19.8 Å². The highest BCUT2D eigenvalue weighted by molar-refractivity contribution is 5.75. The topological polar surface area (TPSA) is 26.3 Å². The lowest BCUT2D eigenvalue weighted by atomic mass is 10.2. The fraction of sp³-hybridized carbons (Fsp3) is 0.444. The molecule has 0 aliphatic heterocycles. The van der Waals surface area contributed by atoms with Crippen LogP contribution in [0, 0.1) is 0 Å². The molecule has 2 heteroatoms. The predicted molar refractivity (Wildman–Crippen MR) is 45.2 cm³/mol. The van der Waals surface area contributed by atoms with Gasteiger partial charge in [-0.1, -0.05) is 12.7 Å². The molecule has 0 bridgehead atoms. The molecular weight excluding hydrogens is 140 g/mol. The summed E-state index contributed by atoms with van der Waals surface area (Å²) in [7, 11) is 0. The summed E-state index contributed by atoms with van der Waals surface area (Å²) >= 11 is 0. The van der Waals surface area contributed by atoms with Gasteiger partial charge in [0.05, 0.1) is 6.26 Å². The van der Waals surface area contributed by atoms with Crippen molar-refractivity contribution in [3.05, 3.63) is 25.0 Å². The standard InChI is InChI=1S/C9H14O2/c1-3-7-11-8-5-4-6-9(2)10/h3,5,8H,1,4,6-7H2,2H3. The first kappa shape index (κ1) is 9.95. The van der Waals surface area contributed by atoms with E-state index in [9.17, 15) is 4.79 Å². The molecule has 0 aromatic heterocycles. The van der Waals surface area contributed by atoms with E-state index in [0.29, 0.717) is 13.0 Å². The van der Waals surface area contributed by atoms with Crippen LogP contribution in [0.15, 0.2) is 25.0 Å². The van der Waals surface area contributed by atoms with Gasteiger partial charge in [0.25, 0.3) is 0 Å². The van der Waals surface area contributed by atoms with Gasteiger partial charge in [-0.15, -0.1) is 0 Å². The number of carbonyl (C=O) groups excluding carboxylic acids is 1. The fourth-order valence-electron chi connectivity index (χ4n) is 0.546. The van der Waals surface area contributed by atoms with Crippen LogP contribution in [0.5, 0.6) is 0 Å². The molecule has 0 heterocycles. The van der Waals surface area contributed by atoms with Crippen LogP contribution in [-0.4, -0.2) is 12.4 Å². The molecule has 0 N–H and O–H groups in total. The Hall–Kier alpha value is -1.05. The van der Waals surface area contributed by atoms with E-state index >= 15 is 0 Å². The summed E-state index contributed by atoms with van der Waals surface area (Å²) in [6, 6.07) is 0. The minimum absolute atomic E-state index is 0.207. The number of rotatable bonds is 6. The third-order valence-electron chi connectivity index (χ3n) is 1.07. The number of carbonyl (C=O) groups is 1. The normalized spacial score (nSPS) is 9.91. The maximum atomic E-state index is 10.4. The SMILES string of the molecule is C=CCOC=CCCC(C)=O. The van der Waals surface area contributed by atoms with Gasteiger partial charge < -0.3 is 9.53 Å². The Morgan fingerprint density at radius 1 is 1.64 bits per heavy atom. The van der Waals surface area contributed by atoms with Gasteiger partial charge in [-0.3, -0.25) is 0 Å². The van der Waals surface area contributed by atoms with Gasteiger partial charge >= 0.3 is 0 Å². The van der Waals surface area contributed by atoms with Crippen LogP contribution in [0.3, 0.4) is 0 Å². The van der Waals surface area contributed by atoms with Gasteiger partial charge in [0.1, 0.15) is 12.4 Å². The molecule has 62 valence electrons.